The van der Waals surface area contributed by atoms with E-state index in [0.29, 0.717) is 12.3 Å². The number of esters is 1. The number of hydrogen-bond acceptors (Lipinski definition) is 4. The standard InChI is InChI=1S/C7H8BrNO2S/c1-3-11-7(10)6-5(8)4(2)12-9-6/h3H2,1-2H3. The molecule has 0 aliphatic carbocycles. The van der Waals surface area contributed by atoms with E-state index in [0.717, 1.165) is 9.35 Å². The molecule has 0 aromatic carbocycles. The lowest BCUT2D eigenvalue weighted by Gasteiger charge is -1.97. The summed E-state index contributed by atoms with van der Waals surface area (Å²) in [7, 11) is 0. The van der Waals surface area contributed by atoms with E-state index < -0.39 is 0 Å². The van der Waals surface area contributed by atoms with Crippen LogP contribution in [0.1, 0.15) is 22.3 Å². The first-order valence-corrected chi connectivity index (χ1v) is 5.02. The Morgan fingerprint density at radius 3 is 2.83 bits per heavy atom. The maximum Gasteiger partial charge on any atom is 0.359 e. The molecule has 0 unspecified atom stereocenters. The molecule has 0 fully saturated rings. The Labute approximate surface area is 83.0 Å². The highest BCUT2D eigenvalue weighted by molar-refractivity contribution is 9.10. The maximum atomic E-state index is 11.2. The van der Waals surface area contributed by atoms with Crippen LogP contribution in [0.5, 0.6) is 0 Å². The van der Waals surface area contributed by atoms with Gasteiger partial charge in [-0.25, -0.2) is 4.79 Å². The molecular formula is C7H8BrNO2S. The highest BCUT2D eigenvalue weighted by atomic mass is 79.9. The van der Waals surface area contributed by atoms with E-state index in [9.17, 15) is 4.79 Å². The normalized spacial score (nSPS) is 9.92. The van der Waals surface area contributed by atoms with Gasteiger partial charge < -0.3 is 4.74 Å². The molecule has 5 heteroatoms. The Balaban J connectivity index is 2.88. The molecule has 66 valence electrons. The van der Waals surface area contributed by atoms with Crippen LogP contribution in [0, 0.1) is 6.92 Å². The number of aryl methyl sites for hydroxylation is 1. The monoisotopic (exact) mass is 249 g/mol. The number of hydrogen-bond donors (Lipinski definition) is 0. The van der Waals surface area contributed by atoms with Crippen LogP contribution in [0.4, 0.5) is 0 Å². The Morgan fingerprint density at radius 2 is 2.42 bits per heavy atom. The molecule has 0 saturated carbocycles. The van der Waals surface area contributed by atoms with Gasteiger partial charge in [-0.2, -0.15) is 4.37 Å². The Kier molecular flexibility index (Phi) is 3.22. The van der Waals surface area contributed by atoms with Crippen LogP contribution in [0.2, 0.25) is 0 Å². The lowest BCUT2D eigenvalue weighted by Crippen LogP contribution is -2.05. The summed E-state index contributed by atoms with van der Waals surface area (Å²) in [6, 6.07) is 0. The third-order valence-electron chi connectivity index (χ3n) is 1.26. The van der Waals surface area contributed by atoms with Gasteiger partial charge in [-0.15, -0.1) is 0 Å². The Bertz CT molecular complexity index is 298. The molecule has 12 heavy (non-hydrogen) atoms. The van der Waals surface area contributed by atoms with Crippen molar-refractivity contribution in [2.24, 2.45) is 0 Å². The van der Waals surface area contributed by atoms with Gasteiger partial charge in [-0.05, 0) is 41.3 Å². The van der Waals surface area contributed by atoms with Crippen molar-refractivity contribution < 1.29 is 9.53 Å². The summed E-state index contributed by atoms with van der Waals surface area (Å²) in [5.41, 5.74) is 0.374. The third-order valence-corrected chi connectivity index (χ3v) is 3.24. The van der Waals surface area contributed by atoms with Crippen LogP contribution in [0.25, 0.3) is 0 Å². The number of halogens is 1. The van der Waals surface area contributed by atoms with Crippen molar-refractivity contribution in [3.8, 4) is 0 Å². The highest BCUT2D eigenvalue weighted by Gasteiger charge is 2.16. The summed E-state index contributed by atoms with van der Waals surface area (Å²) < 4.78 is 9.49. The van der Waals surface area contributed by atoms with Crippen molar-refractivity contribution >= 4 is 33.4 Å². The summed E-state index contributed by atoms with van der Waals surface area (Å²) in [5, 5.41) is 0. The zero-order chi connectivity index (χ0) is 9.14. The molecule has 0 N–H and O–H groups in total. The van der Waals surface area contributed by atoms with Crippen molar-refractivity contribution in [3.63, 3.8) is 0 Å². The minimum absolute atomic E-state index is 0.367. The van der Waals surface area contributed by atoms with Crippen LogP contribution in [-0.2, 0) is 4.74 Å². The van der Waals surface area contributed by atoms with Crippen LogP contribution in [0.15, 0.2) is 4.47 Å². The molecule has 0 bridgehead atoms. The first kappa shape index (κ1) is 9.67. The highest BCUT2D eigenvalue weighted by Crippen LogP contribution is 2.24. The summed E-state index contributed by atoms with van der Waals surface area (Å²) in [4.78, 5) is 12.2. The molecule has 0 aliphatic rings. The van der Waals surface area contributed by atoms with E-state index in [1.807, 2.05) is 6.92 Å². The van der Waals surface area contributed by atoms with Gasteiger partial charge in [-0.3, -0.25) is 0 Å². The second-order valence-corrected chi connectivity index (χ2v) is 3.89. The number of carbonyl (C=O) groups excluding carboxylic acids is 1. The second kappa shape index (κ2) is 4.00. The van der Waals surface area contributed by atoms with E-state index in [-0.39, 0.29) is 5.97 Å². The molecule has 3 nitrogen and oxygen atoms in total. The second-order valence-electron chi connectivity index (χ2n) is 2.12. The topological polar surface area (TPSA) is 39.2 Å². The average molecular weight is 250 g/mol. The van der Waals surface area contributed by atoms with Gasteiger partial charge in [0.25, 0.3) is 0 Å². The first-order valence-electron chi connectivity index (χ1n) is 3.45. The van der Waals surface area contributed by atoms with Gasteiger partial charge in [0.05, 0.1) is 11.1 Å². The van der Waals surface area contributed by atoms with Crippen molar-refractivity contribution in [2.45, 2.75) is 13.8 Å². The smallest absolute Gasteiger partial charge is 0.359 e. The molecule has 0 atom stereocenters. The van der Waals surface area contributed by atoms with Crippen molar-refractivity contribution in [3.05, 3.63) is 15.0 Å². The number of ether oxygens (including phenoxy) is 1. The van der Waals surface area contributed by atoms with Gasteiger partial charge in [0, 0.05) is 4.88 Å². The summed E-state index contributed by atoms with van der Waals surface area (Å²) >= 11 is 4.56. The summed E-state index contributed by atoms with van der Waals surface area (Å²) in [5.74, 6) is -0.367. The Hall–Kier alpha value is -0.420. The van der Waals surface area contributed by atoms with Gasteiger partial charge in [0.15, 0.2) is 5.69 Å². The number of aromatic nitrogens is 1. The van der Waals surface area contributed by atoms with E-state index in [1.54, 1.807) is 6.92 Å². The molecule has 1 aromatic rings. The van der Waals surface area contributed by atoms with E-state index in [1.165, 1.54) is 11.5 Å². The fourth-order valence-corrected chi connectivity index (χ4v) is 1.84. The van der Waals surface area contributed by atoms with E-state index in [2.05, 4.69) is 20.3 Å². The number of nitrogens with zero attached hydrogens (tertiary/aromatic N) is 1. The molecule has 1 aromatic heterocycles. The predicted octanol–water partition coefficient (Wildman–Crippen LogP) is 2.39. The first-order chi connectivity index (χ1) is 5.66. The minimum Gasteiger partial charge on any atom is -0.461 e. The van der Waals surface area contributed by atoms with Crippen molar-refractivity contribution in [2.75, 3.05) is 6.61 Å². The fourth-order valence-electron chi connectivity index (χ4n) is 0.687. The van der Waals surface area contributed by atoms with Crippen LogP contribution in [0.3, 0.4) is 0 Å². The maximum absolute atomic E-state index is 11.2. The molecular weight excluding hydrogens is 242 g/mol. The van der Waals surface area contributed by atoms with E-state index in [4.69, 9.17) is 4.74 Å². The lowest BCUT2D eigenvalue weighted by molar-refractivity contribution is 0.0520. The van der Waals surface area contributed by atoms with Crippen LogP contribution < -0.4 is 0 Å². The van der Waals surface area contributed by atoms with Gasteiger partial charge in [0.2, 0.25) is 0 Å². The number of carbonyl (C=O) groups is 1. The quantitative estimate of drug-likeness (QED) is 0.756. The minimum atomic E-state index is -0.367. The molecule has 0 radical (unpaired) electrons. The Morgan fingerprint density at radius 1 is 1.75 bits per heavy atom. The van der Waals surface area contributed by atoms with Gasteiger partial charge >= 0.3 is 5.97 Å². The average Bonchev–Trinajstić information content (AvgIpc) is 2.34. The third kappa shape index (κ3) is 1.84. The van der Waals surface area contributed by atoms with Crippen LogP contribution >= 0.6 is 27.5 Å². The SMILES string of the molecule is CCOC(=O)c1nsc(C)c1Br. The molecule has 0 saturated heterocycles. The fraction of sp³-hybridized carbons (Fsp3) is 0.429. The molecule has 0 aliphatic heterocycles. The molecule has 0 amide bonds. The lowest BCUT2D eigenvalue weighted by atomic mass is 10.4. The van der Waals surface area contributed by atoms with Crippen LogP contribution in [-0.4, -0.2) is 16.9 Å². The summed E-state index contributed by atoms with van der Waals surface area (Å²) in [6.07, 6.45) is 0. The molecule has 1 heterocycles. The summed E-state index contributed by atoms with van der Waals surface area (Å²) in [6.45, 7) is 4.04. The zero-order valence-corrected chi connectivity index (χ0v) is 9.16. The van der Waals surface area contributed by atoms with Crippen molar-refractivity contribution in [1.29, 1.82) is 0 Å². The molecule has 1 rings (SSSR count). The zero-order valence-electron chi connectivity index (χ0n) is 6.76. The largest absolute Gasteiger partial charge is 0.461 e. The van der Waals surface area contributed by atoms with Crippen molar-refractivity contribution in [1.82, 2.24) is 4.37 Å². The predicted molar refractivity (Wildman–Crippen MR) is 50.5 cm³/mol. The van der Waals surface area contributed by atoms with Gasteiger partial charge in [0.1, 0.15) is 0 Å². The van der Waals surface area contributed by atoms with E-state index >= 15 is 0 Å². The molecule has 0 spiro atoms. The van der Waals surface area contributed by atoms with Gasteiger partial charge in [-0.1, -0.05) is 0 Å². The number of rotatable bonds is 2.